The van der Waals surface area contributed by atoms with E-state index in [2.05, 4.69) is 5.10 Å². The minimum absolute atomic E-state index is 0.0281. The number of carbonyl (C=O) groups is 1. The monoisotopic (exact) mass is 362 g/mol. The van der Waals surface area contributed by atoms with Gasteiger partial charge in [0, 0.05) is 16.3 Å². The molecule has 0 spiro atoms. The van der Waals surface area contributed by atoms with Crippen molar-refractivity contribution in [2.45, 2.75) is 19.7 Å². The van der Waals surface area contributed by atoms with Crippen LogP contribution in [0.15, 0.2) is 36.5 Å². The van der Waals surface area contributed by atoms with Gasteiger partial charge in [0.25, 0.3) is 0 Å². The minimum Gasteiger partial charge on any atom is -0.488 e. The topological polar surface area (TPSA) is 53.3 Å². The molecule has 8 heteroatoms. The summed E-state index contributed by atoms with van der Waals surface area (Å²) in [5.41, 5.74) is -0.654. The van der Waals surface area contributed by atoms with Gasteiger partial charge in [0.05, 0.1) is 18.5 Å². The number of hydrogen-bond donors (Lipinski definition) is 0. The number of halogens is 3. The summed E-state index contributed by atoms with van der Waals surface area (Å²) in [7, 11) is 0. The van der Waals surface area contributed by atoms with E-state index in [1.807, 2.05) is 0 Å². The van der Waals surface area contributed by atoms with E-state index >= 15 is 0 Å². The SMILES string of the molecule is CCOC(=O)c1cnn(-c2ccc3c4c(cccc24)OC3)c1C(F)(F)F. The Kier molecular flexibility index (Phi) is 3.64. The zero-order valence-corrected chi connectivity index (χ0v) is 13.6. The van der Waals surface area contributed by atoms with Gasteiger partial charge < -0.3 is 9.47 Å². The fourth-order valence-electron chi connectivity index (χ4n) is 3.17. The molecule has 0 atom stereocenters. The summed E-state index contributed by atoms with van der Waals surface area (Å²) in [4.78, 5) is 11.9. The highest BCUT2D eigenvalue weighted by Crippen LogP contribution is 2.40. The van der Waals surface area contributed by atoms with Crippen molar-refractivity contribution in [1.29, 1.82) is 0 Å². The van der Waals surface area contributed by atoms with Crippen molar-refractivity contribution in [3.8, 4) is 11.4 Å². The second kappa shape index (κ2) is 5.76. The molecule has 1 aliphatic rings. The molecule has 2 aromatic carbocycles. The van der Waals surface area contributed by atoms with Crippen molar-refractivity contribution < 1.29 is 27.4 Å². The van der Waals surface area contributed by atoms with Gasteiger partial charge in [0.15, 0.2) is 5.69 Å². The summed E-state index contributed by atoms with van der Waals surface area (Å²) in [5.74, 6) is -0.439. The quantitative estimate of drug-likeness (QED) is 0.658. The molecule has 4 rings (SSSR count). The molecule has 0 aliphatic carbocycles. The lowest BCUT2D eigenvalue weighted by atomic mass is 10.0. The Morgan fingerprint density at radius 3 is 2.85 bits per heavy atom. The van der Waals surface area contributed by atoms with Crippen molar-refractivity contribution in [1.82, 2.24) is 9.78 Å². The van der Waals surface area contributed by atoms with Crippen LogP contribution in [0, 0.1) is 0 Å². The van der Waals surface area contributed by atoms with Gasteiger partial charge in [-0.1, -0.05) is 18.2 Å². The van der Waals surface area contributed by atoms with Crippen LogP contribution in [0.5, 0.6) is 5.75 Å². The van der Waals surface area contributed by atoms with E-state index < -0.39 is 23.4 Å². The van der Waals surface area contributed by atoms with Crippen LogP contribution in [0.4, 0.5) is 13.2 Å². The molecule has 0 unspecified atom stereocenters. The molecule has 0 fully saturated rings. The predicted octanol–water partition coefficient (Wildman–Crippen LogP) is 4.11. The highest BCUT2D eigenvalue weighted by Gasteiger charge is 2.41. The number of ether oxygens (including phenoxy) is 2. The smallest absolute Gasteiger partial charge is 0.434 e. The first-order valence-electron chi connectivity index (χ1n) is 7.92. The van der Waals surface area contributed by atoms with Gasteiger partial charge in [-0.25, -0.2) is 9.48 Å². The number of alkyl halides is 3. The third kappa shape index (κ3) is 2.40. The molecule has 1 aliphatic heterocycles. The Morgan fingerprint density at radius 1 is 1.31 bits per heavy atom. The Hall–Kier alpha value is -3.03. The molecule has 2 heterocycles. The van der Waals surface area contributed by atoms with Crippen LogP contribution < -0.4 is 4.74 Å². The molecule has 0 bridgehead atoms. The molecule has 3 aromatic rings. The maximum absolute atomic E-state index is 13.7. The standard InChI is InChI=1S/C18H13F3N2O3/c1-2-25-17(24)12-8-22-23(16(12)18(19,20)21)13-7-6-10-9-26-14-5-3-4-11(13)15(10)14/h3-8H,2,9H2,1H3. The summed E-state index contributed by atoms with van der Waals surface area (Å²) < 4.78 is 52.2. The number of carbonyl (C=O) groups excluding carboxylic acids is 1. The van der Waals surface area contributed by atoms with E-state index in [0.717, 1.165) is 21.8 Å². The minimum atomic E-state index is -4.78. The third-order valence-corrected chi connectivity index (χ3v) is 4.21. The number of rotatable bonds is 3. The first-order chi connectivity index (χ1) is 12.4. The predicted molar refractivity (Wildman–Crippen MR) is 86.4 cm³/mol. The van der Waals surface area contributed by atoms with Crippen LogP contribution in [-0.4, -0.2) is 22.4 Å². The summed E-state index contributed by atoms with van der Waals surface area (Å²) in [5, 5.41) is 5.17. The first kappa shape index (κ1) is 16.4. The molecular formula is C18H13F3N2O3. The number of esters is 1. The number of nitrogens with zero attached hydrogens (tertiary/aromatic N) is 2. The Bertz CT molecular complexity index is 1010. The highest BCUT2D eigenvalue weighted by atomic mass is 19.4. The summed E-state index contributed by atoms with van der Waals surface area (Å²) in [6, 6.07) is 8.44. The molecule has 0 saturated carbocycles. The van der Waals surface area contributed by atoms with Gasteiger partial charge in [0.1, 0.15) is 17.9 Å². The second-order valence-corrected chi connectivity index (χ2v) is 5.75. The van der Waals surface area contributed by atoms with Gasteiger partial charge in [0.2, 0.25) is 0 Å². The maximum atomic E-state index is 13.7. The average Bonchev–Trinajstić information content (AvgIpc) is 3.21. The van der Waals surface area contributed by atoms with Crippen molar-refractivity contribution >= 4 is 16.7 Å². The Labute approximate surface area is 145 Å². The number of hydrogen-bond acceptors (Lipinski definition) is 4. The van der Waals surface area contributed by atoms with Crippen LogP contribution in [0.3, 0.4) is 0 Å². The number of aromatic nitrogens is 2. The Morgan fingerprint density at radius 2 is 2.12 bits per heavy atom. The van der Waals surface area contributed by atoms with Gasteiger partial charge >= 0.3 is 12.1 Å². The Balaban J connectivity index is 1.98. The van der Waals surface area contributed by atoms with Crippen LogP contribution in [-0.2, 0) is 17.5 Å². The van der Waals surface area contributed by atoms with Gasteiger partial charge in [-0.3, -0.25) is 0 Å². The molecule has 0 radical (unpaired) electrons. The summed E-state index contributed by atoms with van der Waals surface area (Å²) in [6.07, 6.45) is -3.89. The van der Waals surface area contributed by atoms with E-state index in [-0.39, 0.29) is 12.3 Å². The zero-order chi connectivity index (χ0) is 18.5. The van der Waals surface area contributed by atoms with Crippen molar-refractivity contribution in [2.75, 3.05) is 6.61 Å². The summed E-state index contributed by atoms with van der Waals surface area (Å²) >= 11 is 0. The fraction of sp³-hybridized carbons (Fsp3) is 0.222. The van der Waals surface area contributed by atoms with Crippen molar-refractivity contribution in [3.63, 3.8) is 0 Å². The van der Waals surface area contributed by atoms with E-state index in [9.17, 15) is 18.0 Å². The molecule has 5 nitrogen and oxygen atoms in total. The lowest BCUT2D eigenvalue weighted by molar-refractivity contribution is -0.143. The lowest BCUT2D eigenvalue weighted by Crippen LogP contribution is -2.18. The van der Waals surface area contributed by atoms with Gasteiger partial charge in [-0.05, 0) is 19.1 Å². The zero-order valence-electron chi connectivity index (χ0n) is 13.6. The van der Waals surface area contributed by atoms with E-state index in [1.165, 1.54) is 6.92 Å². The third-order valence-electron chi connectivity index (χ3n) is 4.21. The van der Waals surface area contributed by atoms with Crippen molar-refractivity contribution in [2.24, 2.45) is 0 Å². The molecule has 0 N–H and O–H groups in total. The van der Waals surface area contributed by atoms with Gasteiger partial charge in [-0.2, -0.15) is 18.3 Å². The summed E-state index contributed by atoms with van der Waals surface area (Å²) in [6.45, 7) is 1.87. The van der Waals surface area contributed by atoms with Gasteiger partial charge in [-0.15, -0.1) is 0 Å². The molecule has 26 heavy (non-hydrogen) atoms. The largest absolute Gasteiger partial charge is 0.488 e. The molecule has 0 saturated heterocycles. The van der Waals surface area contributed by atoms with E-state index in [0.29, 0.717) is 17.7 Å². The van der Waals surface area contributed by atoms with Crippen LogP contribution >= 0.6 is 0 Å². The lowest BCUT2D eigenvalue weighted by Gasteiger charge is -2.14. The number of benzene rings is 2. The molecule has 1 aromatic heterocycles. The first-order valence-corrected chi connectivity index (χ1v) is 7.92. The maximum Gasteiger partial charge on any atom is 0.434 e. The van der Waals surface area contributed by atoms with E-state index in [4.69, 9.17) is 9.47 Å². The van der Waals surface area contributed by atoms with E-state index in [1.54, 1.807) is 30.3 Å². The van der Waals surface area contributed by atoms with Crippen LogP contribution in [0.2, 0.25) is 0 Å². The van der Waals surface area contributed by atoms with Crippen LogP contribution in [0.25, 0.3) is 16.5 Å². The fourth-order valence-corrected chi connectivity index (χ4v) is 3.17. The highest BCUT2D eigenvalue weighted by molar-refractivity contribution is 5.98. The molecule has 0 amide bonds. The average molecular weight is 362 g/mol. The van der Waals surface area contributed by atoms with Crippen LogP contribution in [0.1, 0.15) is 28.5 Å². The molecular weight excluding hydrogens is 349 g/mol. The normalized spacial score (nSPS) is 13.1. The van der Waals surface area contributed by atoms with Crippen molar-refractivity contribution in [3.05, 3.63) is 53.3 Å². The second-order valence-electron chi connectivity index (χ2n) is 5.75. The molecule has 134 valence electrons.